The van der Waals surface area contributed by atoms with Crippen LogP contribution in [0.4, 0.5) is 4.79 Å². The van der Waals surface area contributed by atoms with Crippen LogP contribution in [0, 0.1) is 0 Å². The zero-order valence-corrected chi connectivity index (χ0v) is 7.32. The summed E-state index contributed by atoms with van der Waals surface area (Å²) in [4.78, 5) is 14.1. The molecule has 13 heavy (non-hydrogen) atoms. The second kappa shape index (κ2) is 4.42. The first-order valence-electron chi connectivity index (χ1n) is 3.38. The number of urea groups is 1. The molecule has 5 nitrogen and oxygen atoms in total. The highest BCUT2D eigenvalue weighted by molar-refractivity contribution is 6.30. The first kappa shape index (κ1) is 9.47. The number of aromatic nitrogens is 1. The predicted molar refractivity (Wildman–Crippen MR) is 49.6 cm³/mol. The van der Waals surface area contributed by atoms with Crippen molar-refractivity contribution in [3.05, 3.63) is 29.0 Å². The Bertz CT molecular complexity index is 339. The summed E-state index contributed by atoms with van der Waals surface area (Å²) in [6, 6.07) is 2.52. The third-order valence-electron chi connectivity index (χ3n) is 1.11. The van der Waals surface area contributed by atoms with Crippen LogP contribution in [-0.2, 0) is 0 Å². The number of pyridine rings is 1. The van der Waals surface area contributed by atoms with Crippen LogP contribution in [0.5, 0.6) is 0 Å². The Morgan fingerprint density at radius 1 is 1.77 bits per heavy atom. The number of halogens is 1. The monoisotopic (exact) mass is 198 g/mol. The van der Waals surface area contributed by atoms with Gasteiger partial charge in [0.1, 0.15) is 0 Å². The second-order valence-corrected chi connectivity index (χ2v) is 2.57. The highest BCUT2D eigenvalue weighted by Gasteiger charge is 1.91. The van der Waals surface area contributed by atoms with Crippen molar-refractivity contribution in [3.8, 4) is 0 Å². The van der Waals surface area contributed by atoms with Gasteiger partial charge >= 0.3 is 6.03 Å². The number of carbonyl (C=O) groups is 1. The molecule has 1 aromatic heterocycles. The summed E-state index contributed by atoms with van der Waals surface area (Å²) in [5.41, 5.74) is 7.36. The van der Waals surface area contributed by atoms with Gasteiger partial charge in [-0.15, -0.1) is 0 Å². The summed E-state index contributed by atoms with van der Waals surface area (Å²) in [5, 5.41) is 4.06. The lowest BCUT2D eigenvalue weighted by molar-refractivity contribution is 0.249. The van der Waals surface area contributed by atoms with Gasteiger partial charge in [0, 0.05) is 11.2 Å². The lowest BCUT2D eigenvalue weighted by atomic mass is 10.4. The van der Waals surface area contributed by atoms with E-state index in [0.717, 1.165) is 0 Å². The average molecular weight is 199 g/mol. The van der Waals surface area contributed by atoms with E-state index in [9.17, 15) is 4.79 Å². The second-order valence-electron chi connectivity index (χ2n) is 2.13. The quantitative estimate of drug-likeness (QED) is 0.543. The van der Waals surface area contributed by atoms with Crippen LogP contribution in [0.15, 0.2) is 23.4 Å². The highest BCUT2D eigenvalue weighted by Crippen LogP contribution is 2.05. The maximum absolute atomic E-state index is 10.2. The molecule has 0 aromatic carbocycles. The van der Waals surface area contributed by atoms with Gasteiger partial charge in [-0.2, -0.15) is 5.10 Å². The minimum absolute atomic E-state index is 0.543. The number of hydrogen-bond acceptors (Lipinski definition) is 3. The Kier molecular flexibility index (Phi) is 3.22. The van der Waals surface area contributed by atoms with Gasteiger partial charge in [-0.1, -0.05) is 11.6 Å². The van der Waals surface area contributed by atoms with E-state index in [0.29, 0.717) is 10.7 Å². The molecule has 6 heteroatoms. The molecule has 0 fully saturated rings. The first-order valence-corrected chi connectivity index (χ1v) is 3.76. The number of amides is 2. The topological polar surface area (TPSA) is 80.4 Å². The van der Waals surface area contributed by atoms with Crippen molar-refractivity contribution in [2.45, 2.75) is 0 Å². The van der Waals surface area contributed by atoms with Gasteiger partial charge in [0.25, 0.3) is 0 Å². The molecule has 0 atom stereocenters. The Morgan fingerprint density at radius 3 is 3.15 bits per heavy atom. The molecule has 68 valence electrons. The fraction of sp³-hybridized carbons (Fsp3) is 0. The molecule has 0 radical (unpaired) electrons. The first-order chi connectivity index (χ1) is 6.18. The molecule has 0 unspecified atom stereocenters. The molecule has 0 aliphatic rings. The number of nitrogens with zero attached hydrogens (tertiary/aromatic N) is 2. The molecule has 1 rings (SSSR count). The Hall–Kier alpha value is -1.62. The number of hydrogen-bond donors (Lipinski definition) is 2. The summed E-state index contributed by atoms with van der Waals surface area (Å²) in [6.45, 7) is 0. The zero-order valence-electron chi connectivity index (χ0n) is 6.57. The minimum atomic E-state index is -0.724. The summed E-state index contributed by atoms with van der Waals surface area (Å²) in [5.74, 6) is 0. The molecule has 0 bridgehead atoms. The molecular weight excluding hydrogens is 192 g/mol. The van der Waals surface area contributed by atoms with E-state index in [1.54, 1.807) is 12.1 Å². The van der Waals surface area contributed by atoms with Crippen LogP contribution in [-0.4, -0.2) is 17.2 Å². The molecule has 0 saturated carbocycles. The van der Waals surface area contributed by atoms with Crippen molar-refractivity contribution in [1.29, 1.82) is 0 Å². The van der Waals surface area contributed by atoms with Gasteiger partial charge in [-0.25, -0.2) is 10.2 Å². The van der Waals surface area contributed by atoms with Crippen LogP contribution >= 0.6 is 11.6 Å². The average Bonchev–Trinajstić information content (AvgIpc) is 2.03. The van der Waals surface area contributed by atoms with Gasteiger partial charge in [-0.3, -0.25) is 4.98 Å². The largest absolute Gasteiger partial charge is 0.350 e. The van der Waals surface area contributed by atoms with E-state index in [2.05, 4.69) is 10.1 Å². The molecule has 1 aromatic rings. The Labute approximate surface area is 79.6 Å². The Morgan fingerprint density at radius 2 is 2.54 bits per heavy atom. The van der Waals surface area contributed by atoms with Crippen molar-refractivity contribution in [1.82, 2.24) is 10.4 Å². The summed E-state index contributed by atoms with van der Waals surface area (Å²) in [7, 11) is 0. The summed E-state index contributed by atoms with van der Waals surface area (Å²) >= 11 is 5.67. The van der Waals surface area contributed by atoms with Crippen LogP contribution in [0.2, 0.25) is 5.02 Å². The number of rotatable bonds is 2. The Balaban J connectivity index is 2.63. The summed E-state index contributed by atoms with van der Waals surface area (Å²) < 4.78 is 0. The van der Waals surface area contributed by atoms with Gasteiger partial charge in [0.15, 0.2) is 0 Å². The minimum Gasteiger partial charge on any atom is -0.350 e. The normalized spacial score (nSPS) is 10.2. The van der Waals surface area contributed by atoms with E-state index in [1.165, 1.54) is 12.4 Å². The third-order valence-corrected chi connectivity index (χ3v) is 1.35. The lowest BCUT2D eigenvalue weighted by Gasteiger charge is -1.92. The maximum Gasteiger partial charge on any atom is 0.332 e. The van der Waals surface area contributed by atoms with Crippen LogP contribution in [0.1, 0.15) is 5.69 Å². The molecular formula is C7H7ClN4O. The van der Waals surface area contributed by atoms with Crippen LogP contribution < -0.4 is 11.2 Å². The van der Waals surface area contributed by atoms with E-state index in [-0.39, 0.29) is 0 Å². The van der Waals surface area contributed by atoms with E-state index >= 15 is 0 Å². The molecule has 2 amide bonds. The number of primary amides is 1. The molecule has 0 aliphatic carbocycles. The van der Waals surface area contributed by atoms with Crippen molar-refractivity contribution in [2.75, 3.05) is 0 Å². The lowest BCUT2D eigenvalue weighted by Crippen LogP contribution is -2.24. The number of carbonyl (C=O) groups excluding carboxylic acids is 1. The van der Waals surface area contributed by atoms with Crippen molar-refractivity contribution >= 4 is 23.8 Å². The van der Waals surface area contributed by atoms with Crippen molar-refractivity contribution < 1.29 is 4.79 Å². The van der Waals surface area contributed by atoms with Gasteiger partial charge in [0.05, 0.1) is 11.9 Å². The van der Waals surface area contributed by atoms with Crippen LogP contribution in [0.25, 0.3) is 0 Å². The van der Waals surface area contributed by atoms with Gasteiger partial charge in [-0.05, 0) is 12.1 Å². The SMILES string of the molecule is NC(=O)N/N=C/c1cc(Cl)ccn1. The zero-order chi connectivity index (χ0) is 9.68. The fourth-order valence-corrected chi connectivity index (χ4v) is 0.822. The maximum atomic E-state index is 10.2. The summed E-state index contributed by atoms with van der Waals surface area (Å²) in [6.07, 6.45) is 2.88. The van der Waals surface area contributed by atoms with E-state index < -0.39 is 6.03 Å². The molecule has 1 heterocycles. The standard InChI is InChI=1S/C7H7ClN4O/c8-5-1-2-10-6(3-5)4-11-12-7(9)13/h1-4H,(H3,9,12,13)/b11-4+. The molecule has 3 N–H and O–H groups in total. The number of nitrogens with two attached hydrogens (primary N) is 1. The van der Waals surface area contributed by atoms with Crippen LogP contribution in [0.3, 0.4) is 0 Å². The fourth-order valence-electron chi connectivity index (χ4n) is 0.654. The predicted octanol–water partition coefficient (Wildman–Crippen LogP) is 0.737. The molecule has 0 spiro atoms. The molecule has 0 aliphatic heterocycles. The number of nitrogens with one attached hydrogen (secondary N) is 1. The van der Waals surface area contributed by atoms with Crippen molar-refractivity contribution in [3.63, 3.8) is 0 Å². The smallest absolute Gasteiger partial charge is 0.332 e. The number of hydrazone groups is 1. The van der Waals surface area contributed by atoms with Gasteiger partial charge in [0.2, 0.25) is 0 Å². The van der Waals surface area contributed by atoms with Crippen molar-refractivity contribution in [2.24, 2.45) is 10.8 Å². The van der Waals surface area contributed by atoms with E-state index in [4.69, 9.17) is 17.3 Å². The molecule has 0 saturated heterocycles. The highest BCUT2D eigenvalue weighted by atomic mass is 35.5. The van der Waals surface area contributed by atoms with Gasteiger partial charge < -0.3 is 5.73 Å². The van der Waals surface area contributed by atoms with E-state index in [1.807, 2.05) is 5.43 Å². The third kappa shape index (κ3) is 3.53.